The molecule has 0 spiro atoms. The van der Waals surface area contributed by atoms with Crippen molar-refractivity contribution in [3.8, 4) is 0 Å². The third-order valence-electron chi connectivity index (χ3n) is 2.21. The number of nitrogens with one attached hydrogen (secondary N) is 1. The first kappa shape index (κ1) is 7.28. The highest BCUT2D eigenvalue weighted by Crippen LogP contribution is 2.25. The van der Waals surface area contributed by atoms with Crippen LogP contribution in [0.25, 0.3) is 0 Å². The summed E-state index contributed by atoms with van der Waals surface area (Å²) in [5.74, 6) is 0. The molecule has 0 saturated heterocycles. The Labute approximate surface area is 69.8 Å². The average molecular weight is 169 g/mol. The lowest BCUT2D eigenvalue weighted by molar-refractivity contribution is 0.119. The van der Waals surface area contributed by atoms with Crippen molar-refractivity contribution in [1.29, 1.82) is 0 Å². The van der Waals surface area contributed by atoms with E-state index in [1.807, 2.05) is 0 Å². The smallest absolute Gasteiger partial charge is 0.0371 e. The topological polar surface area (TPSA) is 32.3 Å². The van der Waals surface area contributed by atoms with E-state index in [2.05, 4.69) is 16.9 Å². The van der Waals surface area contributed by atoms with E-state index in [0.29, 0.717) is 0 Å². The van der Waals surface area contributed by atoms with Gasteiger partial charge in [0.2, 0.25) is 0 Å². The first-order valence-electron chi connectivity index (χ1n) is 3.85. The number of hydrogen-bond donors (Lipinski definition) is 2. The zero-order valence-electron chi connectivity index (χ0n) is 6.21. The number of thiophene rings is 1. The Hall–Kier alpha value is -0.380. The Balaban J connectivity index is 2.18. The second-order valence-electron chi connectivity index (χ2n) is 2.94. The maximum atomic E-state index is 8.71. The van der Waals surface area contributed by atoms with Gasteiger partial charge in [-0.1, -0.05) is 0 Å². The van der Waals surface area contributed by atoms with Crippen molar-refractivity contribution in [2.75, 3.05) is 0 Å². The van der Waals surface area contributed by atoms with Crippen LogP contribution in [0.15, 0.2) is 11.4 Å². The molecule has 2 rings (SSSR count). The van der Waals surface area contributed by atoms with E-state index in [0.717, 1.165) is 19.3 Å². The van der Waals surface area contributed by atoms with Gasteiger partial charge < -0.3 is 5.21 Å². The highest BCUT2D eigenvalue weighted by Gasteiger charge is 2.18. The van der Waals surface area contributed by atoms with Crippen LogP contribution in [0.3, 0.4) is 0 Å². The van der Waals surface area contributed by atoms with Gasteiger partial charge >= 0.3 is 0 Å². The molecule has 2 nitrogen and oxygen atoms in total. The summed E-state index contributed by atoms with van der Waals surface area (Å²) in [5.41, 5.74) is 3.81. The molecule has 1 aliphatic carbocycles. The standard InChI is InChI=1S/C8H11NOS/c10-9-7-2-1-6-3-4-11-8(6)5-7/h3-4,7,9-10H,1-2,5H2. The summed E-state index contributed by atoms with van der Waals surface area (Å²) >= 11 is 1.79. The maximum Gasteiger partial charge on any atom is 0.0371 e. The van der Waals surface area contributed by atoms with Crippen LogP contribution < -0.4 is 5.48 Å². The van der Waals surface area contributed by atoms with E-state index in [4.69, 9.17) is 5.21 Å². The second kappa shape index (κ2) is 2.93. The summed E-state index contributed by atoms with van der Waals surface area (Å²) in [7, 11) is 0. The highest BCUT2D eigenvalue weighted by molar-refractivity contribution is 7.10. The minimum absolute atomic E-state index is 0.279. The van der Waals surface area contributed by atoms with Crippen LogP contribution in [0.1, 0.15) is 16.9 Å². The molecule has 1 atom stereocenters. The van der Waals surface area contributed by atoms with Gasteiger partial charge in [0.05, 0.1) is 0 Å². The second-order valence-corrected chi connectivity index (χ2v) is 3.94. The van der Waals surface area contributed by atoms with Crippen molar-refractivity contribution < 1.29 is 5.21 Å². The molecule has 11 heavy (non-hydrogen) atoms. The van der Waals surface area contributed by atoms with Crippen LogP contribution in [0.4, 0.5) is 0 Å². The lowest BCUT2D eigenvalue weighted by Crippen LogP contribution is -2.31. The molecule has 3 heteroatoms. The van der Waals surface area contributed by atoms with Gasteiger partial charge in [-0.25, -0.2) is 5.48 Å². The van der Waals surface area contributed by atoms with E-state index >= 15 is 0 Å². The van der Waals surface area contributed by atoms with Crippen LogP contribution in [0.5, 0.6) is 0 Å². The molecule has 2 N–H and O–H groups in total. The van der Waals surface area contributed by atoms with Gasteiger partial charge in [-0.3, -0.25) is 0 Å². The number of hydroxylamine groups is 1. The molecule has 1 heterocycles. The van der Waals surface area contributed by atoms with Crippen molar-refractivity contribution in [1.82, 2.24) is 5.48 Å². The van der Waals surface area contributed by atoms with E-state index in [1.165, 1.54) is 10.4 Å². The summed E-state index contributed by atoms with van der Waals surface area (Å²) in [6.45, 7) is 0. The molecule has 0 bridgehead atoms. The van der Waals surface area contributed by atoms with Crippen LogP contribution >= 0.6 is 11.3 Å². The van der Waals surface area contributed by atoms with E-state index < -0.39 is 0 Å². The summed E-state index contributed by atoms with van der Waals surface area (Å²) in [5, 5.41) is 10.8. The normalized spacial score (nSPS) is 23.2. The van der Waals surface area contributed by atoms with Gasteiger partial charge in [-0.15, -0.1) is 11.3 Å². The Morgan fingerprint density at radius 3 is 3.36 bits per heavy atom. The predicted molar refractivity (Wildman–Crippen MR) is 45.1 cm³/mol. The molecule has 60 valence electrons. The van der Waals surface area contributed by atoms with Gasteiger partial charge in [-0.2, -0.15) is 0 Å². The molecule has 0 fully saturated rings. The lowest BCUT2D eigenvalue weighted by Gasteiger charge is -2.19. The molecule has 0 saturated carbocycles. The van der Waals surface area contributed by atoms with Gasteiger partial charge in [-0.05, 0) is 36.3 Å². The molecule has 1 unspecified atom stereocenters. The summed E-state index contributed by atoms with van der Waals surface area (Å²) in [6, 6.07) is 2.47. The fourth-order valence-electron chi connectivity index (χ4n) is 1.53. The molecule has 0 aliphatic heterocycles. The number of rotatable bonds is 1. The largest absolute Gasteiger partial charge is 0.317 e. The fourth-order valence-corrected chi connectivity index (χ4v) is 2.55. The zero-order chi connectivity index (χ0) is 7.68. The summed E-state index contributed by atoms with van der Waals surface area (Å²) < 4.78 is 0. The first-order valence-corrected chi connectivity index (χ1v) is 4.73. The minimum atomic E-state index is 0.279. The van der Waals surface area contributed by atoms with Gasteiger partial charge in [0, 0.05) is 10.9 Å². The third kappa shape index (κ3) is 1.31. The van der Waals surface area contributed by atoms with Crippen LogP contribution in [-0.2, 0) is 12.8 Å². The van der Waals surface area contributed by atoms with E-state index in [9.17, 15) is 0 Å². The van der Waals surface area contributed by atoms with Crippen LogP contribution in [-0.4, -0.2) is 11.2 Å². The molecule has 0 aromatic carbocycles. The van der Waals surface area contributed by atoms with Crippen molar-refractivity contribution >= 4 is 11.3 Å². The molecular weight excluding hydrogens is 158 g/mol. The fraction of sp³-hybridized carbons (Fsp3) is 0.500. The average Bonchev–Trinajstić information content (AvgIpc) is 2.50. The van der Waals surface area contributed by atoms with Crippen LogP contribution in [0.2, 0.25) is 0 Å². The number of fused-ring (bicyclic) bond motifs is 1. The molecular formula is C8H11NOS. The predicted octanol–water partition coefficient (Wildman–Crippen LogP) is 1.58. The third-order valence-corrected chi connectivity index (χ3v) is 3.20. The Bertz CT molecular complexity index is 246. The van der Waals surface area contributed by atoms with Crippen molar-refractivity contribution in [3.05, 3.63) is 21.9 Å². The van der Waals surface area contributed by atoms with Gasteiger partial charge in [0.15, 0.2) is 0 Å². The summed E-state index contributed by atoms with van der Waals surface area (Å²) in [4.78, 5) is 1.43. The molecule has 0 amide bonds. The Morgan fingerprint density at radius 1 is 1.64 bits per heavy atom. The number of hydrogen-bond acceptors (Lipinski definition) is 3. The van der Waals surface area contributed by atoms with Crippen molar-refractivity contribution in [2.24, 2.45) is 0 Å². The maximum absolute atomic E-state index is 8.71. The molecule has 1 aliphatic rings. The summed E-state index contributed by atoms with van der Waals surface area (Å²) in [6.07, 6.45) is 3.15. The Morgan fingerprint density at radius 2 is 2.55 bits per heavy atom. The monoisotopic (exact) mass is 169 g/mol. The Kier molecular flexibility index (Phi) is 1.94. The van der Waals surface area contributed by atoms with Crippen LogP contribution in [0, 0.1) is 0 Å². The highest BCUT2D eigenvalue weighted by atomic mass is 32.1. The lowest BCUT2D eigenvalue weighted by atomic mass is 9.95. The number of aryl methyl sites for hydroxylation is 1. The quantitative estimate of drug-likeness (QED) is 0.626. The molecule has 1 aromatic heterocycles. The van der Waals surface area contributed by atoms with E-state index in [1.54, 1.807) is 11.3 Å². The van der Waals surface area contributed by atoms with Gasteiger partial charge in [0.1, 0.15) is 0 Å². The van der Waals surface area contributed by atoms with Crippen molar-refractivity contribution in [2.45, 2.75) is 25.3 Å². The zero-order valence-corrected chi connectivity index (χ0v) is 7.03. The first-order chi connectivity index (χ1) is 5.40. The van der Waals surface area contributed by atoms with E-state index in [-0.39, 0.29) is 6.04 Å². The minimum Gasteiger partial charge on any atom is -0.317 e. The molecule has 1 aromatic rings. The van der Waals surface area contributed by atoms with Crippen molar-refractivity contribution in [3.63, 3.8) is 0 Å². The SMILES string of the molecule is ONC1CCc2ccsc2C1. The van der Waals surface area contributed by atoms with Gasteiger partial charge in [0.25, 0.3) is 0 Å². The molecule has 0 radical (unpaired) electrons.